The number of piperidine rings is 1. The van der Waals surface area contributed by atoms with Crippen LogP contribution in [-0.2, 0) is 0 Å². The lowest BCUT2D eigenvalue weighted by Crippen LogP contribution is -2.42. The number of imidazole rings is 1. The molecule has 0 N–H and O–H groups in total. The molecule has 1 saturated heterocycles. The molecule has 4 nitrogen and oxygen atoms in total. The Hall–Kier alpha value is -2.10. The number of aromatic nitrogens is 2. The predicted molar refractivity (Wildman–Crippen MR) is 82.4 cm³/mol. The molecule has 0 unspecified atom stereocenters. The van der Waals surface area contributed by atoms with Gasteiger partial charge in [-0.25, -0.2) is 4.98 Å². The summed E-state index contributed by atoms with van der Waals surface area (Å²) in [6, 6.07) is 9.93. The summed E-state index contributed by atoms with van der Waals surface area (Å²) in [5.74, 6) is 1.17. The molecule has 1 aliphatic heterocycles. The molecule has 1 aromatic carbocycles. The zero-order chi connectivity index (χ0) is 14.8. The summed E-state index contributed by atoms with van der Waals surface area (Å²) in [6.07, 6.45) is 4.73. The maximum Gasteiger partial charge on any atom is 0.274 e. The molecule has 0 saturated carbocycles. The number of carbonyl (C=O) groups is 1. The van der Waals surface area contributed by atoms with Gasteiger partial charge in [0.15, 0.2) is 0 Å². The zero-order valence-corrected chi connectivity index (χ0v) is 12.6. The fraction of sp³-hybridized carbons (Fsp3) is 0.412. The molecule has 110 valence electrons. The average Bonchev–Trinajstić information content (AvgIpc) is 2.96. The first-order chi connectivity index (χ1) is 10.1. The summed E-state index contributed by atoms with van der Waals surface area (Å²) in [5, 5.41) is 0. The number of amides is 1. The molecule has 1 aromatic heterocycles. The molecule has 3 rings (SSSR count). The van der Waals surface area contributed by atoms with Gasteiger partial charge in [-0.05, 0) is 30.4 Å². The third-order valence-corrected chi connectivity index (χ3v) is 4.01. The van der Waals surface area contributed by atoms with Gasteiger partial charge < -0.3 is 9.47 Å². The van der Waals surface area contributed by atoms with Crippen LogP contribution in [0.15, 0.2) is 42.9 Å². The molecular weight excluding hydrogens is 262 g/mol. The summed E-state index contributed by atoms with van der Waals surface area (Å²) in [6.45, 7) is 6.08. The number of nitrogens with zero attached hydrogens (tertiary/aromatic N) is 3. The second-order valence-electron chi connectivity index (χ2n) is 6.16. The van der Waals surface area contributed by atoms with E-state index in [1.165, 1.54) is 6.42 Å². The smallest absolute Gasteiger partial charge is 0.274 e. The molecule has 0 aliphatic carbocycles. The van der Waals surface area contributed by atoms with E-state index < -0.39 is 0 Å². The number of para-hydroxylation sites is 1. The van der Waals surface area contributed by atoms with Crippen LogP contribution in [0.2, 0.25) is 0 Å². The van der Waals surface area contributed by atoms with Crippen LogP contribution in [0.25, 0.3) is 5.69 Å². The van der Waals surface area contributed by atoms with Gasteiger partial charge >= 0.3 is 0 Å². The van der Waals surface area contributed by atoms with E-state index in [1.54, 1.807) is 6.33 Å². The molecule has 1 aliphatic rings. The first-order valence-corrected chi connectivity index (χ1v) is 7.52. The second kappa shape index (κ2) is 5.72. The van der Waals surface area contributed by atoms with Gasteiger partial charge in [0.1, 0.15) is 12.0 Å². The number of likely N-dealkylation sites (tertiary alicyclic amines) is 1. The van der Waals surface area contributed by atoms with Crippen molar-refractivity contribution in [3.05, 3.63) is 48.5 Å². The van der Waals surface area contributed by atoms with Crippen LogP contribution in [0.4, 0.5) is 0 Å². The van der Waals surface area contributed by atoms with Gasteiger partial charge in [-0.15, -0.1) is 0 Å². The Balaban J connectivity index is 1.78. The van der Waals surface area contributed by atoms with Gasteiger partial charge in [0, 0.05) is 25.0 Å². The van der Waals surface area contributed by atoms with E-state index in [0.29, 0.717) is 17.5 Å². The fourth-order valence-electron chi connectivity index (χ4n) is 3.17. The zero-order valence-electron chi connectivity index (χ0n) is 12.6. The van der Waals surface area contributed by atoms with Crippen molar-refractivity contribution >= 4 is 5.91 Å². The molecule has 2 heterocycles. The predicted octanol–water partition coefficient (Wildman–Crippen LogP) is 2.99. The molecule has 4 heteroatoms. The molecule has 21 heavy (non-hydrogen) atoms. The van der Waals surface area contributed by atoms with E-state index in [-0.39, 0.29) is 5.91 Å². The molecular formula is C17H21N3O. The Bertz CT molecular complexity index is 610. The summed E-state index contributed by atoms with van der Waals surface area (Å²) in [4.78, 5) is 18.8. The van der Waals surface area contributed by atoms with Gasteiger partial charge in [-0.1, -0.05) is 32.0 Å². The van der Waals surface area contributed by atoms with Gasteiger partial charge in [0.2, 0.25) is 0 Å². The standard InChI is InChI=1S/C17H21N3O/c1-13-8-14(2)10-19(9-13)17(21)16-11-20(12-18-16)15-6-4-3-5-7-15/h3-7,11-14H,8-10H2,1-2H3/t13-,14-/m0/s1. The van der Waals surface area contributed by atoms with E-state index in [4.69, 9.17) is 0 Å². The molecule has 0 radical (unpaired) electrons. The molecule has 2 atom stereocenters. The van der Waals surface area contributed by atoms with Crippen molar-refractivity contribution in [2.45, 2.75) is 20.3 Å². The van der Waals surface area contributed by atoms with Crippen molar-refractivity contribution < 1.29 is 4.79 Å². The number of rotatable bonds is 2. The summed E-state index contributed by atoms with van der Waals surface area (Å²) in [5.41, 5.74) is 1.55. The monoisotopic (exact) mass is 283 g/mol. The van der Waals surface area contributed by atoms with Crippen molar-refractivity contribution in [1.82, 2.24) is 14.5 Å². The van der Waals surface area contributed by atoms with E-state index in [1.807, 2.05) is 46.0 Å². The van der Waals surface area contributed by atoms with Crippen LogP contribution >= 0.6 is 0 Å². The van der Waals surface area contributed by atoms with Gasteiger partial charge in [0.05, 0.1) is 0 Å². The van der Waals surface area contributed by atoms with Crippen LogP contribution < -0.4 is 0 Å². The Morgan fingerprint density at radius 3 is 2.48 bits per heavy atom. The second-order valence-corrected chi connectivity index (χ2v) is 6.16. The minimum Gasteiger partial charge on any atom is -0.337 e. The number of hydrogen-bond acceptors (Lipinski definition) is 2. The fourth-order valence-corrected chi connectivity index (χ4v) is 3.17. The van der Waals surface area contributed by atoms with Gasteiger partial charge in [-0.3, -0.25) is 4.79 Å². The maximum atomic E-state index is 12.6. The lowest BCUT2D eigenvalue weighted by atomic mass is 9.92. The van der Waals surface area contributed by atoms with Crippen molar-refractivity contribution in [2.75, 3.05) is 13.1 Å². The Morgan fingerprint density at radius 2 is 1.81 bits per heavy atom. The highest BCUT2D eigenvalue weighted by molar-refractivity contribution is 5.92. The third kappa shape index (κ3) is 2.99. The quantitative estimate of drug-likeness (QED) is 0.850. The van der Waals surface area contributed by atoms with E-state index in [9.17, 15) is 4.79 Å². The van der Waals surface area contributed by atoms with Crippen LogP contribution in [0.1, 0.15) is 30.8 Å². The van der Waals surface area contributed by atoms with Gasteiger partial charge in [0.25, 0.3) is 5.91 Å². The molecule has 2 aromatic rings. The minimum absolute atomic E-state index is 0.0445. The highest BCUT2D eigenvalue weighted by Gasteiger charge is 2.27. The highest BCUT2D eigenvalue weighted by atomic mass is 16.2. The first-order valence-electron chi connectivity index (χ1n) is 7.52. The van der Waals surface area contributed by atoms with Crippen molar-refractivity contribution in [2.24, 2.45) is 11.8 Å². The number of hydrogen-bond donors (Lipinski definition) is 0. The third-order valence-electron chi connectivity index (χ3n) is 4.01. The number of benzene rings is 1. The van der Waals surface area contributed by atoms with Crippen LogP contribution in [0, 0.1) is 11.8 Å². The number of carbonyl (C=O) groups excluding carboxylic acids is 1. The average molecular weight is 283 g/mol. The normalized spacial score (nSPS) is 22.3. The lowest BCUT2D eigenvalue weighted by molar-refractivity contribution is 0.0617. The van der Waals surface area contributed by atoms with Crippen molar-refractivity contribution in [3.63, 3.8) is 0 Å². The SMILES string of the molecule is C[C@H]1C[C@H](C)CN(C(=O)c2cn(-c3ccccc3)cn2)C1. The van der Waals surface area contributed by atoms with E-state index in [2.05, 4.69) is 18.8 Å². The molecule has 0 bridgehead atoms. The van der Waals surface area contributed by atoms with Crippen LogP contribution in [0.3, 0.4) is 0 Å². The Morgan fingerprint density at radius 1 is 1.14 bits per heavy atom. The highest BCUT2D eigenvalue weighted by Crippen LogP contribution is 2.22. The summed E-state index contributed by atoms with van der Waals surface area (Å²) in [7, 11) is 0. The molecule has 0 spiro atoms. The van der Waals surface area contributed by atoms with E-state index >= 15 is 0 Å². The largest absolute Gasteiger partial charge is 0.337 e. The topological polar surface area (TPSA) is 38.1 Å². The Labute approximate surface area is 125 Å². The lowest BCUT2D eigenvalue weighted by Gasteiger charge is -2.34. The molecule has 1 amide bonds. The van der Waals surface area contributed by atoms with Crippen LogP contribution in [-0.4, -0.2) is 33.4 Å². The van der Waals surface area contributed by atoms with Crippen molar-refractivity contribution in [1.29, 1.82) is 0 Å². The summed E-state index contributed by atoms with van der Waals surface area (Å²) >= 11 is 0. The summed E-state index contributed by atoms with van der Waals surface area (Å²) < 4.78 is 1.89. The maximum absolute atomic E-state index is 12.6. The van der Waals surface area contributed by atoms with Gasteiger partial charge in [-0.2, -0.15) is 0 Å². The minimum atomic E-state index is 0.0445. The van der Waals surface area contributed by atoms with E-state index in [0.717, 1.165) is 18.8 Å². The molecule has 1 fully saturated rings. The first kappa shape index (κ1) is 13.9. The van der Waals surface area contributed by atoms with Crippen molar-refractivity contribution in [3.8, 4) is 5.69 Å². The van der Waals surface area contributed by atoms with Crippen LogP contribution in [0.5, 0.6) is 0 Å². The Kier molecular flexibility index (Phi) is 3.78.